The fourth-order valence-corrected chi connectivity index (χ4v) is 3.43. The van der Waals surface area contributed by atoms with Crippen molar-refractivity contribution in [1.82, 2.24) is 14.9 Å². The lowest BCUT2D eigenvalue weighted by Gasteiger charge is -2.37. The molecule has 1 fully saturated rings. The van der Waals surface area contributed by atoms with E-state index in [4.69, 9.17) is 0 Å². The minimum absolute atomic E-state index is 0.0240. The van der Waals surface area contributed by atoms with Gasteiger partial charge in [0.15, 0.2) is 0 Å². The largest absolute Gasteiger partial charge is 0.339 e. The minimum Gasteiger partial charge on any atom is -0.339 e. The molecule has 7 heteroatoms. The Morgan fingerprint density at radius 2 is 1.76 bits per heavy atom. The second-order valence-corrected chi connectivity index (χ2v) is 6.25. The molecule has 4 rings (SSSR count). The fraction of sp³-hybridized carbons (Fsp3) is 0.333. The van der Waals surface area contributed by atoms with Crippen molar-refractivity contribution in [3.8, 4) is 0 Å². The standard InChI is InChI=1S/C18H19N5O2/c24-16-12-14(13-4-1-2-5-15(13)21-16)17(25)22-8-10-23(11-9-22)18-19-6-3-7-20-18/h1-7,14H,8-12H2,(H,21,24)/t14-/m0/s1. The van der Waals surface area contributed by atoms with Crippen molar-refractivity contribution in [2.45, 2.75) is 12.3 Å². The third-order valence-electron chi connectivity index (χ3n) is 4.72. The van der Waals surface area contributed by atoms with E-state index in [2.05, 4.69) is 20.2 Å². The van der Waals surface area contributed by atoms with Gasteiger partial charge < -0.3 is 15.1 Å². The predicted molar refractivity (Wildman–Crippen MR) is 93.3 cm³/mol. The number of benzene rings is 1. The summed E-state index contributed by atoms with van der Waals surface area (Å²) in [7, 11) is 0. The van der Waals surface area contributed by atoms with Crippen LogP contribution in [0.5, 0.6) is 0 Å². The van der Waals surface area contributed by atoms with Crippen LogP contribution < -0.4 is 10.2 Å². The molecule has 3 heterocycles. The number of nitrogens with one attached hydrogen (secondary N) is 1. The fourth-order valence-electron chi connectivity index (χ4n) is 3.43. The first-order chi connectivity index (χ1) is 12.2. The summed E-state index contributed by atoms with van der Waals surface area (Å²) in [6.07, 6.45) is 3.65. The molecule has 0 bridgehead atoms. The quantitative estimate of drug-likeness (QED) is 0.892. The van der Waals surface area contributed by atoms with Gasteiger partial charge in [-0.1, -0.05) is 18.2 Å². The second-order valence-electron chi connectivity index (χ2n) is 6.25. The third kappa shape index (κ3) is 3.05. The molecule has 2 aromatic rings. The van der Waals surface area contributed by atoms with E-state index >= 15 is 0 Å². The van der Waals surface area contributed by atoms with Gasteiger partial charge in [-0.3, -0.25) is 9.59 Å². The molecule has 1 aromatic heterocycles. The van der Waals surface area contributed by atoms with E-state index in [1.165, 1.54) is 0 Å². The van der Waals surface area contributed by atoms with Gasteiger partial charge >= 0.3 is 0 Å². The zero-order valence-corrected chi connectivity index (χ0v) is 13.8. The Balaban J connectivity index is 1.47. The van der Waals surface area contributed by atoms with Gasteiger partial charge in [-0.05, 0) is 17.7 Å². The summed E-state index contributed by atoms with van der Waals surface area (Å²) >= 11 is 0. The SMILES string of the molecule is O=C1C[C@H](C(=O)N2CCN(c3ncccn3)CC2)c2ccccc2N1. The number of fused-ring (bicyclic) bond motifs is 1. The Bertz CT molecular complexity index is 787. The highest BCUT2D eigenvalue weighted by Gasteiger charge is 2.34. The number of aromatic nitrogens is 2. The summed E-state index contributed by atoms with van der Waals surface area (Å²) in [4.78, 5) is 37.4. The Labute approximate surface area is 145 Å². The number of rotatable bonds is 2. The highest BCUT2D eigenvalue weighted by Crippen LogP contribution is 2.33. The monoisotopic (exact) mass is 337 g/mol. The van der Waals surface area contributed by atoms with E-state index in [-0.39, 0.29) is 18.2 Å². The number of carbonyl (C=O) groups is 2. The number of anilines is 2. The van der Waals surface area contributed by atoms with Gasteiger partial charge in [0, 0.05) is 50.7 Å². The summed E-state index contributed by atoms with van der Waals surface area (Å²) in [5, 5.41) is 2.84. The average molecular weight is 337 g/mol. The van der Waals surface area contributed by atoms with Crippen LogP contribution in [0.1, 0.15) is 17.9 Å². The Hall–Kier alpha value is -2.96. The van der Waals surface area contributed by atoms with E-state index in [0.29, 0.717) is 32.1 Å². The zero-order valence-electron chi connectivity index (χ0n) is 13.8. The Morgan fingerprint density at radius 3 is 2.52 bits per heavy atom. The number of nitrogens with zero attached hydrogens (tertiary/aromatic N) is 4. The summed E-state index contributed by atoms with van der Waals surface area (Å²) in [6, 6.07) is 9.32. The molecule has 2 aliphatic rings. The van der Waals surface area contributed by atoms with Crippen LogP contribution >= 0.6 is 0 Å². The maximum Gasteiger partial charge on any atom is 0.230 e. The summed E-state index contributed by atoms with van der Waals surface area (Å²) < 4.78 is 0. The van der Waals surface area contributed by atoms with Crippen LogP contribution in [0.4, 0.5) is 11.6 Å². The number of amides is 2. The van der Waals surface area contributed by atoms with Crippen molar-refractivity contribution in [3.63, 3.8) is 0 Å². The number of carbonyl (C=O) groups excluding carboxylic acids is 2. The van der Waals surface area contributed by atoms with Crippen LogP contribution in [0, 0.1) is 0 Å². The van der Waals surface area contributed by atoms with E-state index < -0.39 is 5.92 Å². The van der Waals surface area contributed by atoms with Crippen molar-refractivity contribution in [1.29, 1.82) is 0 Å². The zero-order chi connectivity index (χ0) is 17.2. The molecule has 2 aliphatic heterocycles. The van der Waals surface area contributed by atoms with Crippen molar-refractivity contribution < 1.29 is 9.59 Å². The number of hydrogen-bond acceptors (Lipinski definition) is 5. The van der Waals surface area contributed by atoms with Gasteiger partial charge in [0.2, 0.25) is 17.8 Å². The number of piperazine rings is 1. The van der Waals surface area contributed by atoms with Crippen molar-refractivity contribution in [2.75, 3.05) is 36.4 Å². The Morgan fingerprint density at radius 1 is 1.04 bits per heavy atom. The van der Waals surface area contributed by atoms with Crippen LogP contribution in [-0.2, 0) is 9.59 Å². The van der Waals surface area contributed by atoms with E-state index in [9.17, 15) is 9.59 Å². The summed E-state index contributed by atoms with van der Waals surface area (Å²) in [6.45, 7) is 2.60. The van der Waals surface area contributed by atoms with Gasteiger partial charge in [0.05, 0.1) is 5.92 Å². The van der Waals surface area contributed by atoms with Gasteiger partial charge in [-0.2, -0.15) is 0 Å². The lowest BCUT2D eigenvalue weighted by atomic mass is 9.89. The Kier molecular flexibility index (Phi) is 4.05. The number of para-hydroxylation sites is 1. The number of hydrogen-bond donors (Lipinski definition) is 1. The van der Waals surface area contributed by atoms with E-state index in [1.807, 2.05) is 29.2 Å². The molecule has 0 saturated carbocycles. The maximum absolute atomic E-state index is 13.0. The van der Waals surface area contributed by atoms with Crippen molar-refractivity contribution in [2.24, 2.45) is 0 Å². The molecule has 1 atom stereocenters. The first-order valence-electron chi connectivity index (χ1n) is 8.42. The molecule has 0 radical (unpaired) electrons. The highest BCUT2D eigenvalue weighted by molar-refractivity contribution is 6.01. The smallest absolute Gasteiger partial charge is 0.230 e. The van der Waals surface area contributed by atoms with E-state index in [1.54, 1.807) is 18.5 Å². The van der Waals surface area contributed by atoms with E-state index in [0.717, 1.165) is 11.3 Å². The van der Waals surface area contributed by atoms with Crippen LogP contribution in [0.15, 0.2) is 42.7 Å². The topological polar surface area (TPSA) is 78.4 Å². The second kappa shape index (κ2) is 6.51. The van der Waals surface area contributed by atoms with Gasteiger partial charge in [-0.25, -0.2) is 9.97 Å². The van der Waals surface area contributed by atoms with Crippen molar-refractivity contribution >= 4 is 23.5 Å². The van der Waals surface area contributed by atoms with Crippen LogP contribution in [0.25, 0.3) is 0 Å². The molecule has 7 nitrogen and oxygen atoms in total. The molecule has 0 aliphatic carbocycles. The van der Waals surface area contributed by atoms with Crippen LogP contribution in [-0.4, -0.2) is 52.9 Å². The first-order valence-corrected chi connectivity index (χ1v) is 8.42. The lowest BCUT2D eigenvalue weighted by molar-refractivity contribution is -0.135. The molecule has 0 spiro atoms. The van der Waals surface area contributed by atoms with Gasteiger partial charge in [0.1, 0.15) is 0 Å². The molecule has 1 saturated heterocycles. The molecular formula is C18H19N5O2. The van der Waals surface area contributed by atoms with Crippen LogP contribution in [0.2, 0.25) is 0 Å². The molecule has 2 amide bonds. The summed E-state index contributed by atoms with van der Waals surface area (Å²) in [5.74, 6) is 0.214. The minimum atomic E-state index is -0.399. The average Bonchev–Trinajstić information content (AvgIpc) is 2.67. The first kappa shape index (κ1) is 15.6. The summed E-state index contributed by atoms with van der Waals surface area (Å²) in [5.41, 5.74) is 1.65. The normalized spacial score (nSPS) is 20.0. The molecule has 1 aromatic carbocycles. The maximum atomic E-state index is 13.0. The lowest BCUT2D eigenvalue weighted by Crippen LogP contribution is -2.51. The van der Waals surface area contributed by atoms with Crippen molar-refractivity contribution in [3.05, 3.63) is 48.3 Å². The van der Waals surface area contributed by atoms with Gasteiger partial charge in [-0.15, -0.1) is 0 Å². The van der Waals surface area contributed by atoms with Gasteiger partial charge in [0.25, 0.3) is 0 Å². The molecule has 128 valence electrons. The molecular weight excluding hydrogens is 318 g/mol. The predicted octanol–water partition coefficient (Wildman–Crippen LogP) is 1.25. The highest BCUT2D eigenvalue weighted by atomic mass is 16.2. The molecule has 25 heavy (non-hydrogen) atoms. The third-order valence-corrected chi connectivity index (χ3v) is 4.72. The molecule has 1 N–H and O–H groups in total. The van der Waals surface area contributed by atoms with Crippen LogP contribution in [0.3, 0.4) is 0 Å². The molecule has 0 unspecified atom stereocenters.